The average Bonchev–Trinajstić information content (AvgIpc) is 2.20. The van der Waals surface area contributed by atoms with Crippen LogP contribution in [0.3, 0.4) is 0 Å². The Bertz CT molecular complexity index is 365. The molecule has 4 heteroatoms. The van der Waals surface area contributed by atoms with Gasteiger partial charge in [-0.3, -0.25) is 4.79 Å². The Morgan fingerprint density at radius 1 is 1.53 bits per heavy atom. The highest BCUT2D eigenvalue weighted by Crippen LogP contribution is 2.31. The van der Waals surface area contributed by atoms with Crippen molar-refractivity contribution in [3.8, 4) is 0 Å². The van der Waals surface area contributed by atoms with E-state index in [4.69, 9.17) is 11.5 Å². The monoisotopic (exact) mass is 222 g/mol. The molecule has 0 aliphatic rings. The standard InChI is InChI=1S/C11H14N2OS/c1-2-7-15-10(11(13)14)8-5-3-4-6-9(8)12/h2-6,10H,1,7,12H2,(H2,13,14). The highest BCUT2D eigenvalue weighted by Gasteiger charge is 2.19. The van der Waals surface area contributed by atoms with Crippen molar-refractivity contribution in [3.63, 3.8) is 0 Å². The molecule has 1 unspecified atom stereocenters. The van der Waals surface area contributed by atoms with Gasteiger partial charge in [0.25, 0.3) is 0 Å². The van der Waals surface area contributed by atoms with Gasteiger partial charge in [-0.15, -0.1) is 18.3 Å². The zero-order valence-corrected chi connectivity index (χ0v) is 9.17. The maximum absolute atomic E-state index is 11.3. The van der Waals surface area contributed by atoms with E-state index in [2.05, 4.69) is 6.58 Å². The number of anilines is 1. The number of hydrogen-bond acceptors (Lipinski definition) is 3. The fourth-order valence-corrected chi connectivity index (χ4v) is 2.13. The number of carbonyl (C=O) groups is 1. The summed E-state index contributed by atoms with van der Waals surface area (Å²) in [5.41, 5.74) is 12.5. The summed E-state index contributed by atoms with van der Waals surface area (Å²) in [5, 5.41) is -0.399. The Labute approximate surface area is 93.5 Å². The van der Waals surface area contributed by atoms with Crippen LogP contribution in [0.5, 0.6) is 0 Å². The van der Waals surface area contributed by atoms with Crippen LogP contribution in [0.1, 0.15) is 10.8 Å². The molecule has 0 spiro atoms. The second-order valence-electron chi connectivity index (χ2n) is 3.03. The predicted octanol–water partition coefficient (Wildman–Crippen LogP) is 1.71. The number of carbonyl (C=O) groups excluding carboxylic acids is 1. The van der Waals surface area contributed by atoms with Crippen LogP contribution in [0.2, 0.25) is 0 Å². The van der Waals surface area contributed by atoms with Gasteiger partial charge in [-0.25, -0.2) is 0 Å². The van der Waals surface area contributed by atoms with Gasteiger partial charge < -0.3 is 11.5 Å². The maximum atomic E-state index is 11.3. The summed E-state index contributed by atoms with van der Waals surface area (Å²) in [4.78, 5) is 11.3. The quantitative estimate of drug-likeness (QED) is 0.588. The third-order valence-electron chi connectivity index (χ3n) is 1.92. The second-order valence-corrected chi connectivity index (χ2v) is 4.17. The second kappa shape index (κ2) is 5.46. The molecule has 3 nitrogen and oxygen atoms in total. The molecule has 4 N–H and O–H groups in total. The lowest BCUT2D eigenvalue weighted by molar-refractivity contribution is -0.117. The summed E-state index contributed by atoms with van der Waals surface area (Å²) < 4.78 is 0. The molecule has 0 saturated carbocycles. The fourth-order valence-electron chi connectivity index (χ4n) is 1.24. The van der Waals surface area contributed by atoms with Crippen LogP contribution < -0.4 is 11.5 Å². The van der Waals surface area contributed by atoms with Gasteiger partial charge in [-0.05, 0) is 11.6 Å². The molecule has 0 bridgehead atoms. The summed E-state index contributed by atoms with van der Waals surface area (Å²) in [6, 6.07) is 7.26. The Morgan fingerprint density at radius 3 is 2.73 bits per heavy atom. The van der Waals surface area contributed by atoms with Crippen LogP contribution in [0.25, 0.3) is 0 Å². The van der Waals surface area contributed by atoms with Crippen molar-refractivity contribution in [2.75, 3.05) is 11.5 Å². The molecule has 0 aliphatic heterocycles. The first kappa shape index (κ1) is 11.7. The number of thioether (sulfide) groups is 1. The summed E-state index contributed by atoms with van der Waals surface area (Å²) in [6.07, 6.45) is 1.74. The minimum absolute atomic E-state index is 0.375. The largest absolute Gasteiger partial charge is 0.398 e. The molecule has 0 saturated heterocycles. The smallest absolute Gasteiger partial charge is 0.235 e. The molecular formula is C11H14N2OS. The molecule has 0 aliphatic carbocycles. The molecule has 0 radical (unpaired) electrons. The summed E-state index contributed by atoms with van der Waals surface area (Å²) >= 11 is 1.42. The van der Waals surface area contributed by atoms with Gasteiger partial charge in [0.2, 0.25) is 5.91 Å². The molecule has 1 aromatic carbocycles. The molecule has 1 amide bonds. The Morgan fingerprint density at radius 2 is 2.20 bits per heavy atom. The van der Waals surface area contributed by atoms with Crippen molar-refractivity contribution < 1.29 is 4.79 Å². The zero-order valence-electron chi connectivity index (χ0n) is 8.35. The topological polar surface area (TPSA) is 69.1 Å². The first-order chi connectivity index (χ1) is 7.16. The van der Waals surface area contributed by atoms with Crippen molar-refractivity contribution in [1.29, 1.82) is 0 Å². The van der Waals surface area contributed by atoms with Crippen molar-refractivity contribution in [3.05, 3.63) is 42.5 Å². The Hall–Kier alpha value is -1.42. The van der Waals surface area contributed by atoms with E-state index in [1.807, 2.05) is 18.2 Å². The Balaban J connectivity index is 2.93. The molecule has 0 heterocycles. The molecule has 0 fully saturated rings. The highest BCUT2D eigenvalue weighted by atomic mass is 32.2. The van der Waals surface area contributed by atoms with Crippen LogP contribution in [-0.4, -0.2) is 11.7 Å². The first-order valence-corrected chi connectivity index (χ1v) is 5.58. The van der Waals surface area contributed by atoms with E-state index < -0.39 is 5.25 Å². The van der Waals surface area contributed by atoms with Crippen LogP contribution in [0, 0.1) is 0 Å². The first-order valence-electron chi connectivity index (χ1n) is 4.53. The van der Waals surface area contributed by atoms with Crippen molar-refractivity contribution in [1.82, 2.24) is 0 Å². The van der Waals surface area contributed by atoms with E-state index >= 15 is 0 Å². The van der Waals surface area contributed by atoms with Gasteiger partial charge in [0.05, 0.1) is 0 Å². The molecule has 1 rings (SSSR count). The number of para-hydroxylation sites is 1. The number of nitrogens with two attached hydrogens (primary N) is 2. The molecule has 1 aromatic rings. The SMILES string of the molecule is C=CCSC(C(N)=O)c1ccccc1N. The lowest BCUT2D eigenvalue weighted by Gasteiger charge is -2.14. The third kappa shape index (κ3) is 3.02. The Kier molecular flexibility index (Phi) is 4.24. The summed E-state index contributed by atoms with van der Waals surface area (Å²) in [5.74, 6) is 0.293. The fraction of sp³-hybridized carbons (Fsp3) is 0.182. The number of hydrogen-bond donors (Lipinski definition) is 2. The van der Waals surface area contributed by atoms with Gasteiger partial charge in [0.1, 0.15) is 5.25 Å². The van der Waals surface area contributed by atoms with Crippen molar-refractivity contribution in [2.24, 2.45) is 5.73 Å². The number of rotatable bonds is 5. The maximum Gasteiger partial charge on any atom is 0.235 e. The number of benzene rings is 1. The minimum atomic E-state index is -0.399. The summed E-state index contributed by atoms with van der Waals surface area (Å²) in [7, 11) is 0. The van der Waals surface area contributed by atoms with E-state index in [0.717, 1.165) is 5.56 Å². The van der Waals surface area contributed by atoms with Gasteiger partial charge in [-0.2, -0.15) is 0 Å². The van der Waals surface area contributed by atoms with E-state index in [-0.39, 0.29) is 5.91 Å². The van der Waals surface area contributed by atoms with Gasteiger partial charge in [0, 0.05) is 11.4 Å². The number of amides is 1. The minimum Gasteiger partial charge on any atom is -0.398 e. The van der Waals surface area contributed by atoms with E-state index in [1.165, 1.54) is 11.8 Å². The van der Waals surface area contributed by atoms with Gasteiger partial charge >= 0.3 is 0 Å². The molecule has 1 atom stereocenters. The highest BCUT2D eigenvalue weighted by molar-refractivity contribution is 8.00. The third-order valence-corrected chi connectivity index (χ3v) is 3.17. The van der Waals surface area contributed by atoms with Crippen LogP contribution in [0.15, 0.2) is 36.9 Å². The van der Waals surface area contributed by atoms with Gasteiger partial charge in [0.15, 0.2) is 0 Å². The average molecular weight is 222 g/mol. The van der Waals surface area contributed by atoms with E-state index in [9.17, 15) is 4.79 Å². The molecule has 15 heavy (non-hydrogen) atoms. The normalized spacial score (nSPS) is 12.0. The van der Waals surface area contributed by atoms with Gasteiger partial charge in [-0.1, -0.05) is 24.3 Å². The van der Waals surface area contributed by atoms with Crippen LogP contribution >= 0.6 is 11.8 Å². The molecular weight excluding hydrogens is 208 g/mol. The zero-order chi connectivity index (χ0) is 11.3. The molecule has 80 valence electrons. The number of nitrogen functional groups attached to an aromatic ring is 1. The van der Waals surface area contributed by atoms with E-state index in [1.54, 1.807) is 12.1 Å². The van der Waals surface area contributed by atoms with Crippen molar-refractivity contribution in [2.45, 2.75) is 5.25 Å². The molecule has 0 aromatic heterocycles. The number of primary amides is 1. The van der Waals surface area contributed by atoms with E-state index in [0.29, 0.717) is 11.4 Å². The lowest BCUT2D eigenvalue weighted by Crippen LogP contribution is -2.20. The van der Waals surface area contributed by atoms with Crippen molar-refractivity contribution >= 4 is 23.4 Å². The van der Waals surface area contributed by atoms with Crippen LogP contribution in [0.4, 0.5) is 5.69 Å². The van der Waals surface area contributed by atoms with Crippen LogP contribution in [-0.2, 0) is 4.79 Å². The lowest BCUT2D eigenvalue weighted by atomic mass is 10.1. The predicted molar refractivity (Wildman–Crippen MR) is 65.4 cm³/mol. The summed E-state index contributed by atoms with van der Waals surface area (Å²) in [6.45, 7) is 3.60.